The summed E-state index contributed by atoms with van der Waals surface area (Å²) >= 11 is 0. The number of aliphatic hydroxyl groups is 1. The summed E-state index contributed by atoms with van der Waals surface area (Å²) in [7, 11) is 0. The van der Waals surface area contributed by atoms with Gasteiger partial charge >= 0.3 is 12.3 Å². The Kier molecular flexibility index (Phi) is 1.43. The van der Waals surface area contributed by atoms with Gasteiger partial charge in [0.25, 0.3) is 0 Å². The van der Waals surface area contributed by atoms with Gasteiger partial charge in [-0.25, -0.2) is 8.78 Å². The fourth-order valence-corrected chi connectivity index (χ4v) is 0.655. The van der Waals surface area contributed by atoms with Crippen LogP contribution >= 0.6 is 0 Å². The van der Waals surface area contributed by atoms with Crippen molar-refractivity contribution < 1.29 is 22.7 Å². The lowest BCUT2D eigenvalue weighted by atomic mass is 10.2. The Bertz CT molecular complexity index is 141. The zero-order valence-electron chi connectivity index (χ0n) is 4.95. The molecule has 1 aliphatic carbocycles. The van der Waals surface area contributed by atoms with Gasteiger partial charge in [-0.3, -0.25) is 0 Å². The minimum atomic E-state index is -4.23. The summed E-state index contributed by atoms with van der Waals surface area (Å²) < 4.78 is 47.1. The summed E-state index contributed by atoms with van der Waals surface area (Å²) in [6, 6.07) is 0. The second kappa shape index (κ2) is 1.84. The minimum Gasteiger partial charge on any atom is -0.383 e. The highest BCUT2D eigenvalue weighted by Crippen LogP contribution is 2.50. The molecule has 0 aromatic carbocycles. The molecule has 1 N–H and O–H groups in total. The number of hydrogen-bond acceptors (Lipinski definition) is 1. The van der Waals surface area contributed by atoms with Gasteiger partial charge in [0.15, 0.2) is 0 Å². The molecule has 0 spiro atoms. The average Bonchev–Trinajstić information content (AvgIpc) is 2.48. The van der Waals surface area contributed by atoms with Gasteiger partial charge in [0, 0.05) is 0 Å². The SMILES string of the molecule is OC1(C(F)(F)C(F)F)CC1. The Labute approximate surface area is 54.6 Å². The molecule has 0 bridgehead atoms. The predicted molar refractivity (Wildman–Crippen MR) is 25.1 cm³/mol. The molecule has 0 aromatic heterocycles. The summed E-state index contributed by atoms with van der Waals surface area (Å²) in [6.07, 6.45) is -4.23. The van der Waals surface area contributed by atoms with Crippen LogP contribution in [0.5, 0.6) is 0 Å². The lowest BCUT2D eigenvalue weighted by Crippen LogP contribution is -2.42. The Morgan fingerprint density at radius 1 is 1.30 bits per heavy atom. The van der Waals surface area contributed by atoms with E-state index in [9.17, 15) is 17.6 Å². The van der Waals surface area contributed by atoms with Gasteiger partial charge in [-0.05, 0) is 12.8 Å². The van der Waals surface area contributed by atoms with Crippen LogP contribution in [0.2, 0.25) is 0 Å². The first-order valence-corrected chi connectivity index (χ1v) is 2.78. The Hall–Kier alpha value is -0.320. The molecule has 5 heteroatoms. The van der Waals surface area contributed by atoms with Gasteiger partial charge in [0.05, 0.1) is 0 Å². The van der Waals surface area contributed by atoms with Crippen molar-refractivity contribution in [3.63, 3.8) is 0 Å². The van der Waals surface area contributed by atoms with Gasteiger partial charge in [-0.2, -0.15) is 8.78 Å². The van der Waals surface area contributed by atoms with Gasteiger partial charge in [0.2, 0.25) is 0 Å². The Morgan fingerprint density at radius 3 is 1.80 bits per heavy atom. The highest BCUT2D eigenvalue weighted by Gasteiger charge is 2.66. The number of hydrogen-bond donors (Lipinski definition) is 1. The van der Waals surface area contributed by atoms with E-state index in [2.05, 4.69) is 0 Å². The molecule has 60 valence electrons. The molecular weight excluding hydrogens is 152 g/mol. The van der Waals surface area contributed by atoms with Crippen molar-refractivity contribution in [3.8, 4) is 0 Å². The standard InChI is InChI=1S/C5H6F4O/c6-3(7)5(8,9)4(10)1-2-4/h3,10H,1-2H2. The maximum absolute atomic E-state index is 12.1. The molecule has 0 atom stereocenters. The molecular formula is C5H6F4O. The topological polar surface area (TPSA) is 20.2 Å². The zero-order chi connectivity index (χ0) is 7.99. The summed E-state index contributed by atoms with van der Waals surface area (Å²) in [5.74, 6) is -4.23. The third-order valence-electron chi connectivity index (χ3n) is 1.62. The van der Waals surface area contributed by atoms with E-state index >= 15 is 0 Å². The molecule has 0 heterocycles. The van der Waals surface area contributed by atoms with Crippen molar-refractivity contribution in [1.29, 1.82) is 0 Å². The summed E-state index contributed by atoms with van der Waals surface area (Å²) in [5.41, 5.74) is -2.42. The molecule has 1 nitrogen and oxygen atoms in total. The molecule has 1 rings (SSSR count). The van der Waals surface area contributed by atoms with E-state index in [1.807, 2.05) is 0 Å². The van der Waals surface area contributed by atoms with Gasteiger partial charge < -0.3 is 5.11 Å². The monoisotopic (exact) mass is 158 g/mol. The summed E-state index contributed by atoms with van der Waals surface area (Å²) in [6.45, 7) is 0. The van der Waals surface area contributed by atoms with Crippen LogP contribution in [0, 0.1) is 0 Å². The average molecular weight is 158 g/mol. The third-order valence-corrected chi connectivity index (χ3v) is 1.62. The van der Waals surface area contributed by atoms with Crippen LogP contribution in [0.1, 0.15) is 12.8 Å². The van der Waals surface area contributed by atoms with Crippen molar-refractivity contribution in [2.45, 2.75) is 30.8 Å². The molecule has 0 saturated heterocycles. The first-order chi connectivity index (χ1) is 4.40. The maximum atomic E-state index is 12.1. The smallest absolute Gasteiger partial charge is 0.335 e. The largest absolute Gasteiger partial charge is 0.383 e. The number of halogens is 4. The number of rotatable bonds is 2. The van der Waals surface area contributed by atoms with Crippen molar-refractivity contribution >= 4 is 0 Å². The number of alkyl halides is 4. The van der Waals surface area contributed by atoms with Gasteiger partial charge in [-0.15, -0.1) is 0 Å². The second-order valence-electron chi connectivity index (χ2n) is 2.46. The first kappa shape index (κ1) is 7.78. The minimum absolute atomic E-state index is 0.232. The first-order valence-electron chi connectivity index (χ1n) is 2.78. The van der Waals surface area contributed by atoms with E-state index in [0.717, 1.165) is 0 Å². The molecule has 1 aliphatic rings. The molecule has 0 unspecified atom stereocenters. The Morgan fingerprint density at radius 2 is 1.70 bits per heavy atom. The quantitative estimate of drug-likeness (QED) is 0.602. The van der Waals surface area contributed by atoms with E-state index in [4.69, 9.17) is 5.11 Å². The van der Waals surface area contributed by atoms with Crippen molar-refractivity contribution in [3.05, 3.63) is 0 Å². The highest BCUT2D eigenvalue weighted by atomic mass is 19.3. The van der Waals surface area contributed by atoms with E-state index in [0.29, 0.717) is 0 Å². The fraction of sp³-hybridized carbons (Fsp3) is 1.00. The highest BCUT2D eigenvalue weighted by molar-refractivity contribution is 5.05. The lowest BCUT2D eigenvalue weighted by Gasteiger charge is -2.20. The van der Waals surface area contributed by atoms with Crippen LogP contribution in [-0.4, -0.2) is 23.1 Å². The van der Waals surface area contributed by atoms with Crippen molar-refractivity contribution in [2.75, 3.05) is 0 Å². The predicted octanol–water partition coefficient (Wildman–Crippen LogP) is 1.41. The van der Waals surface area contributed by atoms with Crippen LogP contribution < -0.4 is 0 Å². The van der Waals surface area contributed by atoms with E-state index in [1.165, 1.54) is 0 Å². The van der Waals surface area contributed by atoms with E-state index < -0.39 is 17.9 Å². The van der Waals surface area contributed by atoms with Crippen LogP contribution in [0.15, 0.2) is 0 Å². The van der Waals surface area contributed by atoms with Crippen LogP contribution in [0.4, 0.5) is 17.6 Å². The second-order valence-corrected chi connectivity index (χ2v) is 2.46. The van der Waals surface area contributed by atoms with Crippen molar-refractivity contribution in [2.24, 2.45) is 0 Å². The maximum Gasteiger partial charge on any atom is 0.335 e. The van der Waals surface area contributed by atoms with Crippen molar-refractivity contribution in [1.82, 2.24) is 0 Å². The molecule has 10 heavy (non-hydrogen) atoms. The Balaban J connectivity index is 2.67. The summed E-state index contributed by atoms with van der Waals surface area (Å²) in [5, 5.41) is 8.60. The normalized spacial score (nSPS) is 23.4. The van der Waals surface area contributed by atoms with E-state index in [1.54, 1.807) is 0 Å². The molecule has 0 radical (unpaired) electrons. The molecule has 0 aliphatic heterocycles. The fourth-order valence-electron chi connectivity index (χ4n) is 0.655. The van der Waals surface area contributed by atoms with Crippen LogP contribution in [0.25, 0.3) is 0 Å². The van der Waals surface area contributed by atoms with Crippen LogP contribution in [-0.2, 0) is 0 Å². The zero-order valence-corrected chi connectivity index (χ0v) is 4.95. The van der Waals surface area contributed by atoms with Gasteiger partial charge in [0.1, 0.15) is 5.60 Å². The van der Waals surface area contributed by atoms with E-state index in [-0.39, 0.29) is 12.8 Å². The molecule has 1 saturated carbocycles. The van der Waals surface area contributed by atoms with Crippen LogP contribution in [0.3, 0.4) is 0 Å². The molecule has 0 amide bonds. The molecule has 0 aromatic rings. The van der Waals surface area contributed by atoms with Gasteiger partial charge in [-0.1, -0.05) is 0 Å². The lowest BCUT2D eigenvalue weighted by molar-refractivity contribution is -0.203. The summed E-state index contributed by atoms with van der Waals surface area (Å²) in [4.78, 5) is 0. The third kappa shape index (κ3) is 0.885. The molecule has 1 fully saturated rings.